The first-order valence-corrected chi connectivity index (χ1v) is 11.6. The molecule has 1 heterocycles. The number of para-hydroxylation sites is 2. The second kappa shape index (κ2) is 10.6. The van der Waals surface area contributed by atoms with Crippen LogP contribution in [0.15, 0.2) is 24.3 Å². The molecule has 0 bridgehead atoms. The van der Waals surface area contributed by atoms with Crippen LogP contribution in [-0.2, 0) is 4.79 Å². The first-order chi connectivity index (χ1) is 14.9. The molecule has 0 radical (unpaired) electrons. The Morgan fingerprint density at radius 2 is 1.65 bits per heavy atom. The summed E-state index contributed by atoms with van der Waals surface area (Å²) in [4.78, 5) is 25.1. The third kappa shape index (κ3) is 5.94. The zero-order valence-electron chi connectivity index (χ0n) is 19.3. The van der Waals surface area contributed by atoms with Gasteiger partial charge in [0.05, 0.1) is 17.1 Å². The van der Waals surface area contributed by atoms with Crippen LogP contribution in [0.2, 0.25) is 0 Å². The van der Waals surface area contributed by atoms with Crippen LogP contribution in [0, 0.1) is 23.2 Å². The third-order valence-electron chi connectivity index (χ3n) is 5.66. The van der Waals surface area contributed by atoms with E-state index in [0.717, 1.165) is 44.3 Å². The Morgan fingerprint density at radius 3 is 2.19 bits per heavy atom. The van der Waals surface area contributed by atoms with Gasteiger partial charge in [0.25, 0.3) is 0 Å². The van der Waals surface area contributed by atoms with E-state index in [1.54, 1.807) is 0 Å². The van der Waals surface area contributed by atoms with Crippen molar-refractivity contribution < 1.29 is 4.79 Å². The molecule has 6 nitrogen and oxygen atoms in total. The Morgan fingerprint density at radius 1 is 1.06 bits per heavy atom. The number of nitrogens with one attached hydrogen (secondary N) is 1. The molecule has 2 aromatic rings. The molecule has 1 amide bonds. The Labute approximate surface area is 186 Å². The number of nitriles is 1. The molecule has 1 saturated carbocycles. The van der Waals surface area contributed by atoms with Gasteiger partial charge in [0.2, 0.25) is 5.91 Å². The monoisotopic (exact) mass is 421 g/mol. The number of rotatable bonds is 8. The first-order valence-electron chi connectivity index (χ1n) is 11.6. The maximum Gasteiger partial charge on any atom is 0.243 e. The van der Waals surface area contributed by atoms with Crippen LogP contribution in [0.5, 0.6) is 0 Å². The van der Waals surface area contributed by atoms with Crippen molar-refractivity contribution in [2.24, 2.45) is 11.8 Å². The van der Waals surface area contributed by atoms with Gasteiger partial charge in [-0.1, -0.05) is 59.1 Å². The highest BCUT2D eigenvalue weighted by Gasteiger charge is 2.30. The number of benzene rings is 1. The van der Waals surface area contributed by atoms with Crippen molar-refractivity contribution in [3.63, 3.8) is 0 Å². The molecule has 3 rings (SSSR count). The molecular weight excluding hydrogens is 386 g/mol. The highest BCUT2D eigenvalue weighted by Crippen LogP contribution is 2.29. The fourth-order valence-corrected chi connectivity index (χ4v) is 4.34. The van der Waals surface area contributed by atoms with Crippen LogP contribution in [0.3, 0.4) is 0 Å². The second-order valence-corrected chi connectivity index (χ2v) is 9.52. The highest BCUT2D eigenvalue weighted by atomic mass is 16.2. The summed E-state index contributed by atoms with van der Waals surface area (Å²) in [6.45, 7) is 10.2. The van der Waals surface area contributed by atoms with Gasteiger partial charge in [-0.05, 0) is 36.8 Å². The van der Waals surface area contributed by atoms with E-state index in [1.165, 1.54) is 6.42 Å². The zero-order valence-corrected chi connectivity index (χ0v) is 19.3. The summed E-state index contributed by atoms with van der Waals surface area (Å²) in [6, 6.07) is 10.0. The summed E-state index contributed by atoms with van der Waals surface area (Å²) < 4.78 is 0. The third-order valence-corrected chi connectivity index (χ3v) is 5.66. The van der Waals surface area contributed by atoms with Crippen molar-refractivity contribution in [3.8, 4) is 6.07 Å². The molecule has 1 fully saturated rings. The molecule has 1 unspecified atom stereocenters. The highest BCUT2D eigenvalue weighted by molar-refractivity contribution is 5.89. The molecule has 0 spiro atoms. The van der Waals surface area contributed by atoms with Crippen LogP contribution in [0.1, 0.15) is 71.4 Å². The van der Waals surface area contributed by atoms with E-state index in [4.69, 9.17) is 9.97 Å². The van der Waals surface area contributed by atoms with Crippen molar-refractivity contribution in [2.75, 3.05) is 18.0 Å². The van der Waals surface area contributed by atoms with Crippen molar-refractivity contribution in [1.29, 1.82) is 5.26 Å². The van der Waals surface area contributed by atoms with Gasteiger partial charge in [0.15, 0.2) is 11.7 Å². The standard InChI is InChI=1S/C25H35N5O/c1-17(2)15-30(16-18(3)4)24-23(28-21-12-8-9-13-22(21)29-24)20(14-26)25(31)27-19-10-6-5-7-11-19/h8-9,12-13,17-20H,5-7,10-11,15-16H2,1-4H3,(H,27,31). The van der Waals surface area contributed by atoms with Crippen LogP contribution in [0.25, 0.3) is 11.0 Å². The summed E-state index contributed by atoms with van der Waals surface area (Å²) in [5.74, 6) is 0.254. The minimum absolute atomic E-state index is 0.149. The number of hydrogen-bond acceptors (Lipinski definition) is 5. The largest absolute Gasteiger partial charge is 0.355 e. The maximum atomic E-state index is 13.2. The number of fused-ring (bicyclic) bond motifs is 1. The molecule has 1 aromatic carbocycles. The molecule has 1 aromatic heterocycles. The first kappa shape index (κ1) is 23.0. The van der Waals surface area contributed by atoms with E-state index < -0.39 is 5.92 Å². The Balaban J connectivity index is 2.03. The SMILES string of the molecule is CC(C)CN(CC(C)C)c1nc2ccccc2nc1C(C#N)C(=O)NC1CCCCC1. The Kier molecular flexibility index (Phi) is 7.84. The quantitative estimate of drug-likeness (QED) is 0.662. The van der Waals surface area contributed by atoms with Gasteiger partial charge in [-0.25, -0.2) is 9.97 Å². The number of nitrogens with zero attached hydrogens (tertiary/aromatic N) is 4. The average Bonchev–Trinajstić information content (AvgIpc) is 2.73. The van der Waals surface area contributed by atoms with E-state index in [9.17, 15) is 10.1 Å². The number of hydrogen-bond donors (Lipinski definition) is 1. The van der Waals surface area contributed by atoms with Crippen LogP contribution < -0.4 is 10.2 Å². The van der Waals surface area contributed by atoms with Crippen LogP contribution >= 0.6 is 0 Å². The molecule has 1 atom stereocenters. The van der Waals surface area contributed by atoms with E-state index in [0.29, 0.717) is 28.9 Å². The van der Waals surface area contributed by atoms with Gasteiger partial charge >= 0.3 is 0 Å². The lowest BCUT2D eigenvalue weighted by molar-refractivity contribution is -0.122. The average molecular weight is 422 g/mol. The second-order valence-electron chi connectivity index (χ2n) is 9.52. The summed E-state index contributed by atoms with van der Waals surface area (Å²) in [6.07, 6.45) is 5.42. The minimum Gasteiger partial charge on any atom is -0.355 e. The summed E-state index contributed by atoms with van der Waals surface area (Å²) in [5.41, 5.74) is 1.96. The molecule has 1 aliphatic carbocycles. The Bertz CT molecular complexity index is 917. The van der Waals surface area contributed by atoms with Gasteiger partial charge in [-0.3, -0.25) is 4.79 Å². The van der Waals surface area contributed by atoms with Crippen molar-refractivity contribution >= 4 is 22.8 Å². The molecule has 31 heavy (non-hydrogen) atoms. The number of aromatic nitrogens is 2. The normalized spacial score (nSPS) is 15.8. The van der Waals surface area contributed by atoms with Gasteiger partial charge < -0.3 is 10.2 Å². The molecule has 6 heteroatoms. The van der Waals surface area contributed by atoms with Crippen molar-refractivity contribution in [2.45, 2.75) is 71.8 Å². The number of anilines is 1. The topological polar surface area (TPSA) is 81.9 Å². The molecular formula is C25H35N5O. The lowest BCUT2D eigenvalue weighted by atomic mass is 9.94. The van der Waals surface area contributed by atoms with Crippen LogP contribution in [0.4, 0.5) is 5.82 Å². The molecule has 1 N–H and O–H groups in total. The lowest BCUT2D eigenvalue weighted by Gasteiger charge is -2.30. The molecule has 166 valence electrons. The summed E-state index contributed by atoms with van der Waals surface area (Å²) >= 11 is 0. The van der Waals surface area contributed by atoms with E-state index in [-0.39, 0.29) is 11.9 Å². The summed E-state index contributed by atoms with van der Waals surface area (Å²) in [5, 5.41) is 13.1. The predicted octanol–water partition coefficient (Wildman–Crippen LogP) is 4.80. The zero-order chi connectivity index (χ0) is 22.4. The fourth-order valence-electron chi connectivity index (χ4n) is 4.34. The van der Waals surface area contributed by atoms with Crippen molar-refractivity contribution in [3.05, 3.63) is 30.0 Å². The number of carbonyl (C=O) groups is 1. The van der Waals surface area contributed by atoms with E-state index in [1.807, 2.05) is 24.3 Å². The minimum atomic E-state index is -0.976. The number of carbonyl (C=O) groups excluding carboxylic acids is 1. The molecule has 0 saturated heterocycles. The smallest absolute Gasteiger partial charge is 0.243 e. The van der Waals surface area contributed by atoms with E-state index in [2.05, 4.69) is 44.0 Å². The Hall–Kier alpha value is -2.68. The molecule has 0 aliphatic heterocycles. The van der Waals surface area contributed by atoms with Gasteiger partial charge in [-0.15, -0.1) is 0 Å². The maximum absolute atomic E-state index is 13.2. The number of amides is 1. The van der Waals surface area contributed by atoms with Gasteiger partial charge in [0, 0.05) is 19.1 Å². The van der Waals surface area contributed by atoms with Gasteiger partial charge in [0.1, 0.15) is 5.69 Å². The predicted molar refractivity (Wildman–Crippen MR) is 125 cm³/mol. The van der Waals surface area contributed by atoms with E-state index >= 15 is 0 Å². The van der Waals surface area contributed by atoms with Gasteiger partial charge in [-0.2, -0.15) is 5.26 Å². The lowest BCUT2D eigenvalue weighted by Crippen LogP contribution is -2.40. The van der Waals surface area contributed by atoms with Crippen molar-refractivity contribution in [1.82, 2.24) is 15.3 Å². The molecule has 1 aliphatic rings. The summed E-state index contributed by atoms with van der Waals surface area (Å²) in [7, 11) is 0. The fraction of sp³-hybridized carbons (Fsp3) is 0.600. The van der Waals surface area contributed by atoms with Crippen LogP contribution in [-0.4, -0.2) is 35.0 Å².